The number of aldehydes is 1. The van der Waals surface area contributed by atoms with E-state index in [9.17, 15) is 4.79 Å². The minimum Gasteiger partial charge on any atom is -0.344 e. The first-order chi connectivity index (χ1) is 9.57. The first-order valence-corrected chi connectivity index (χ1v) is 7.65. The molecule has 0 atom stereocenters. The van der Waals surface area contributed by atoms with Crippen LogP contribution >= 0.6 is 0 Å². The van der Waals surface area contributed by atoms with Crippen LogP contribution in [0.5, 0.6) is 0 Å². The zero-order chi connectivity index (χ0) is 14.3. The number of carbonyl (C=O) groups excluding carboxylic acids is 1. The van der Waals surface area contributed by atoms with Gasteiger partial charge in [0.15, 0.2) is 6.29 Å². The molecule has 3 rings (SSSR count). The molecule has 1 aromatic carbocycles. The summed E-state index contributed by atoms with van der Waals surface area (Å²) in [6.45, 7) is 7.97. The lowest BCUT2D eigenvalue weighted by molar-refractivity contribution is 0.112. The van der Waals surface area contributed by atoms with E-state index in [4.69, 9.17) is 0 Å². The van der Waals surface area contributed by atoms with Gasteiger partial charge in [0.25, 0.3) is 0 Å². The number of rotatable bonds is 3. The number of aryl methyl sites for hydroxylation is 2. The maximum atomic E-state index is 11.4. The van der Waals surface area contributed by atoms with Gasteiger partial charge in [-0.05, 0) is 42.7 Å². The minimum absolute atomic E-state index is 0.369. The molecule has 2 aromatic rings. The number of benzene rings is 1. The topological polar surface area (TPSA) is 22.0 Å². The Balaban J connectivity index is 2.32. The Bertz CT molecular complexity index is 664. The lowest BCUT2D eigenvalue weighted by Crippen LogP contribution is -2.23. The largest absolute Gasteiger partial charge is 0.344 e. The maximum absolute atomic E-state index is 11.4. The van der Waals surface area contributed by atoms with Crippen LogP contribution in [0.4, 0.5) is 0 Å². The van der Waals surface area contributed by atoms with Gasteiger partial charge in [0.1, 0.15) is 0 Å². The second-order valence-electron chi connectivity index (χ2n) is 6.78. The average Bonchev–Trinajstić information content (AvgIpc) is 2.72. The third-order valence-electron chi connectivity index (χ3n) is 4.61. The smallest absolute Gasteiger partial charge is 0.150 e. The van der Waals surface area contributed by atoms with Crippen molar-refractivity contribution >= 4 is 17.2 Å². The summed E-state index contributed by atoms with van der Waals surface area (Å²) in [5.41, 5.74) is 5.36. The van der Waals surface area contributed by atoms with Crippen molar-refractivity contribution < 1.29 is 4.79 Å². The van der Waals surface area contributed by atoms with Crippen molar-refractivity contribution in [2.75, 3.05) is 0 Å². The quantitative estimate of drug-likeness (QED) is 0.758. The van der Waals surface area contributed by atoms with Crippen LogP contribution in [0.2, 0.25) is 0 Å². The van der Waals surface area contributed by atoms with Gasteiger partial charge >= 0.3 is 0 Å². The Morgan fingerprint density at radius 2 is 2.15 bits per heavy atom. The summed E-state index contributed by atoms with van der Waals surface area (Å²) in [7, 11) is 0. The fourth-order valence-corrected chi connectivity index (χ4v) is 3.62. The highest BCUT2D eigenvalue weighted by Crippen LogP contribution is 2.40. The number of fused-ring (bicyclic) bond motifs is 3. The van der Waals surface area contributed by atoms with E-state index in [1.54, 1.807) is 0 Å². The Kier molecular flexibility index (Phi) is 3.19. The van der Waals surface area contributed by atoms with Crippen molar-refractivity contribution in [3.63, 3.8) is 0 Å². The SMILES string of the molecule is CCCn1c2c(c3c(C=O)cccc31)CCC(C)(C)C2. The first kappa shape index (κ1) is 13.4. The summed E-state index contributed by atoms with van der Waals surface area (Å²) in [5, 5.41) is 1.21. The van der Waals surface area contributed by atoms with E-state index < -0.39 is 0 Å². The predicted molar refractivity (Wildman–Crippen MR) is 83.4 cm³/mol. The monoisotopic (exact) mass is 269 g/mol. The number of hydrogen-bond acceptors (Lipinski definition) is 1. The van der Waals surface area contributed by atoms with Crippen LogP contribution in [0.1, 0.15) is 55.2 Å². The molecule has 1 aliphatic rings. The number of aromatic nitrogens is 1. The number of nitrogens with zero attached hydrogens (tertiary/aromatic N) is 1. The Hall–Kier alpha value is -1.57. The first-order valence-electron chi connectivity index (χ1n) is 7.65. The molecule has 2 heteroatoms. The molecule has 0 amide bonds. The predicted octanol–water partition coefficient (Wildman–Crippen LogP) is 4.38. The molecule has 1 aliphatic carbocycles. The molecule has 106 valence electrons. The van der Waals surface area contributed by atoms with Gasteiger partial charge in [-0.1, -0.05) is 32.9 Å². The van der Waals surface area contributed by atoms with E-state index in [2.05, 4.69) is 31.4 Å². The Morgan fingerprint density at radius 3 is 2.85 bits per heavy atom. The Morgan fingerprint density at radius 1 is 1.35 bits per heavy atom. The molecular weight excluding hydrogens is 246 g/mol. The fourth-order valence-electron chi connectivity index (χ4n) is 3.62. The molecule has 1 aromatic heterocycles. The fraction of sp³-hybridized carbons (Fsp3) is 0.500. The minimum atomic E-state index is 0.369. The Labute approximate surface area is 120 Å². The van der Waals surface area contributed by atoms with Crippen LogP contribution in [0.3, 0.4) is 0 Å². The van der Waals surface area contributed by atoms with Crippen molar-refractivity contribution in [2.24, 2.45) is 5.41 Å². The zero-order valence-corrected chi connectivity index (χ0v) is 12.7. The summed E-state index contributed by atoms with van der Waals surface area (Å²) < 4.78 is 2.46. The molecule has 2 nitrogen and oxygen atoms in total. The summed E-state index contributed by atoms with van der Waals surface area (Å²) in [6.07, 6.45) is 5.56. The van der Waals surface area contributed by atoms with Crippen LogP contribution in [0.15, 0.2) is 18.2 Å². The lowest BCUT2D eigenvalue weighted by Gasteiger charge is -2.31. The maximum Gasteiger partial charge on any atom is 0.150 e. The van der Waals surface area contributed by atoms with Gasteiger partial charge in [-0.25, -0.2) is 0 Å². The molecule has 0 unspecified atom stereocenters. The highest BCUT2D eigenvalue weighted by atomic mass is 16.1. The van der Waals surface area contributed by atoms with Crippen molar-refractivity contribution in [1.29, 1.82) is 0 Å². The van der Waals surface area contributed by atoms with E-state index in [1.165, 1.54) is 28.6 Å². The van der Waals surface area contributed by atoms with Crippen molar-refractivity contribution in [3.05, 3.63) is 35.0 Å². The summed E-state index contributed by atoms with van der Waals surface area (Å²) in [5.74, 6) is 0. The van der Waals surface area contributed by atoms with Gasteiger partial charge in [-0.2, -0.15) is 0 Å². The standard InChI is InChI=1S/C18H23NO/c1-4-10-19-15-7-5-6-13(12-20)17(15)14-8-9-18(2,3)11-16(14)19/h5-7,12H,4,8-11H2,1-3H3. The molecule has 0 N–H and O–H groups in total. The lowest BCUT2D eigenvalue weighted by atomic mass is 9.76. The molecule has 0 spiro atoms. The molecule has 0 saturated heterocycles. The molecule has 0 fully saturated rings. The molecule has 0 aliphatic heterocycles. The molecule has 1 heterocycles. The van der Waals surface area contributed by atoms with Crippen LogP contribution in [-0.4, -0.2) is 10.9 Å². The molecular formula is C18H23NO. The van der Waals surface area contributed by atoms with E-state index in [0.717, 1.165) is 37.7 Å². The van der Waals surface area contributed by atoms with Gasteiger partial charge in [0.05, 0.1) is 0 Å². The molecule has 0 radical (unpaired) electrons. The van der Waals surface area contributed by atoms with Gasteiger partial charge in [0.2, 0.25) is 0 Å². The molecule has 0 saturated carbocycles. The van der Waals surface area contributed by atoms with Crippen LogP contribution in [0.25, 0.3) is 10.9 Å². The van der Waals surface area contributed by atoms with E-state index in [1.807, 2.05) is 12.1 Å². The van der Waals surface area contributed by atoms with Crippen LogP contribution in [-0.2, 0) is 19.4 Å². The van der Waals surface area contributed by atoms with E-state index >= 15 is 0 Å². The van der Waals surface area contributed by atoms with Crippen molar-refractivity contribution in [1.82, 2.24) is 4.57 Å². The third kappa shape index (κ3) is 1.98. The molecule has 20 heavy (non-hydrogen) atoms. The van der Waals surface area contributed by atoms with Gasteiger partial charge < -0.3 is 4.57 Å². The number of carbonyl (C=O) groups is 1. The van der Waals surface area contributed by atoms with Crippen LogP contribution < -0.4 is 0 Å². The highest BCUT2D eigenvalue weighted by molar-refractivity contribution is 6.00. The van der Waals surface area contributed by atoms with Gasteiger partial charge in [-0.15, -0.1) is 0 Å². The highest BCUT2D eigenvalue weighted by Gasteiger charge is 2.30. The third-order valence-corrected chi connectivity index (χ3v) is 4.61. The second kappa shape index (κ2) is 4.76. The zero-order valence-electron chi connectivity index (χ0n) is 12.7. The van der Waals surface area contributed by atoms with Gasteiger partial charge in [0, 0.05) is 28.7 Å². The van der Waals surface area contributed by atoms with E-state index in [-0.39, 0.29) is 0 Å². The van der Waals surface area contributed by atoms with Crippen LogP contribution in [0, 0.1) is 5.41 Å². The van der Waals surface area contributed by atoms with E-state index in [0.29, 0.717) is 5.41 Å². The van der Waals surface area contributed by atoms with Gasteiger partial charge in [-0.3, -0.25) is 4.79 Å². The summed E-state index contributed by atoms with van der Waals surface area (Å²) in [4.78, 5) is 11.4. The average molecular weight is 269 g/mol. The normalized spacial score (nSPS) is 17.1. The number of hydrogen-bond donors (Lipinski definition) is 0. The summed E-state index contributed by atoms with van der Waals surface area (Å²) >= 11 is 0. The molecule has 0 bridgehead atoms. The second-order valence-corrected chi connectivity index (χ2v) is 6.78. The van der Waals surface area contributed by atoms with Crippen molar-refractivity contribution in [2.45, 2.75) is 53.0 Å². The summed E-state index contributed by atoms with van der Waals surface area (Å²) in [6, 6.07) is 6.13. The van der Waals surface area contributed by atoms with Crippen molar-refractivity contribution in [3.8, 4) is 0 Å².